The van der Waals surface area contributed by atoms with Crippen LogP contribution in [0.5, 0.6) is 23.0 Å². The molecule has 0 bridgehead atoms. The van der Waals surface area contributed by atoms with Crippen molar-refractivity contribution in [1.29, 1.82) is 0 Å². The quantitative estimate of drug-likeness (QED) is 0.348. The SMILES string of the molecule is C=C(C)COc1ccc(C(C)(C)c2ccc(OCC(=C)C)cc2OCC(C)O)c(OCC(C)O)c1. The predicted molar refractivity (Wildman–Crippen MR) is 140 cm³/mol. The molecule has 0 heterocycles. The van der Waals surface area contributed by atoms with Crippen molar-refractivity contribution in [2.24, 2.45) is 0 Å². The third kappa shape index (κ3) is 8.64. The highest BCUT2D eigenvalue weighted by Crippen LogP contribution is 2.43. The molecular formula is C29H40O6. The molecule has 2 aromatic carbocycles. The first-order valence-corrected chi connectivity index (χ1v) is 11.8. The van der Waals surface area contributed by atoms with Crippen LogP contribution in [0.15, 0.2) is 60.7 Å². The number of ether oxygens (including phenoxy) is 4. The Kier molecular flexibility index (Phi) is 10.2. The number of aliphatic hydroxyl groups is 2. The molecule has 0 aliphatic heterocycles. The molecule has 2 rings (SSSR count). The molecule has 0 saturated heterocycles. The minimum absolute atomic E-state index is 0.145. The van der Waals surface area contributed by atoms with Gasteiger partial charge in [-0.05, 0) is 51.0 Å². The van der Waals surface area contributed by atoms with E-state index in [0.29, 0.717) is 36.2 Å². The predicted octanol–water partition coefficient (Wildman–Crippen LogP) is 5.44. The van der Waals surface area contributed by atoms with Gasteiger partial charge in [0.25, 0.3) is 0 Å². The smallest absolute Gasteiger partial charge is 0.127 e. The van der Waals surface area contributed by atoms with Crippen LogP contribution in [0, 0.1) is 0 Å². The maximum absolute atomic E-state index is 9.82. The fourth-order valence-corrected chi connectivity index (χ4v) is 3.44. The van der Waals surface area contributed by atoms with Crippen molar-refractivity contribution < 1.29 is 29.2 Å². The van der Waals surface area contributed by atoms with Gasteiger partial charge in [-0.25, -0.2) is 0 Å². The van der Waals surface area contributed by atoms with Crippen molar-refractivity contribution in [3.63, 3.8) is 0 Å². The highest BCUT2D eigenvalue weighted by molar-refractivity contribution is 5.54. The van der Waals surface area contributed by atoms with Gasteiger partial charge in [0.05, 0.1) is 12.2 Å². The van der Waals surface area contributed by atoms with Gasteiger partial charge in [-0.2, -0.15) is 0 Å². The van der Waals surface area contributed by atoms with Crippen LogP contribution in [0.4, 0.5) is 0 Å². The Morgan fingerprint density at radius 1 is 0.743 bits per heavy atom. The van der Waals surface area contributed by atoms with Gasteiger partial charge < -0.3 is 29.2 Å². The molecule has 192 valence electrons. The lowest BCUT2D eigenvalue weighted by atomic mass is 9.77. The van der Waals surface area contributed by atoms with Crippen LogP contribution in [-0.4, -0.2) is 48.8 Å². The first-order chi connectivity index (χ1) is 16.4. The lowest BCUT2D eigenvalue weighted by Crippen LogP contribution is -2.24. The maximum Gasteiger partial charge on any atom is 0.127 e. The minimum atomic E-state index is -0.624. The van der Waals surface area contributed by atoms with E-state index in [1.165, 1.54) is 0 Å². The zero-order valence-corrected chi connectivity index (χ0v) is 21.9. The summed E-state index contributed by atoms with van der Waals surface area (Å²) < 4.78 is 23.7. The van der Waals surface area contributed by atoms with Gasteiger partial charge >= 0.3 is 0 Å². The monoisotopic (exact) mass is 484 g/mol. The molecular weight excluding hydrogens is 444 g/mol. The van der Waals surface area contributed by atoms with Crippen LogP contribution in [0.2, 0.25) is 0 Å². The summed E-state index contributed by atoms with van der Waals surface area (Å²) in [5.41, 5.74) is 3.07. The Morgan fingerprint density at radius 2 is 1.11 bits per heavy atom. The summed E-state index contributed by atoms with van der Waals surface area (Å²) in [5.74, 6) is 2.53. The molecule has 2 unspecified atom stereocenters. The third-order valence-electron chi connectivity index (χ3n) is 5.18. The fourth-order valence-electron chi connectivity index (χ4n) is 3.44. The molecule has 0 aliphatic rings. The van der Waals surface area contributed by atoms with Crippen molar-refractivity contribution in [2.75, 3.05) is 26.4 Å². The zero-order valence-electron chi connectivity index (χ0n) is 21.9. The van der Waals surface area contributed by atoms with Gasteiger partial charge in [-0.1, -0.05) is 39.1 Å². The van der Waals surface area contributed by atoms with E-state index in [4.69, 9.17) is 18.9 Å². The van der Waals surface area contributed by atoms with Gasteiger partial charge in [-0.15, -0.1) is 0 Å². The summed E-state index contributed by atoms with van der Waals surface area (Å²) in [7, 11) is 0. The number of benzene rings is 2. The molecule has 0 radical (unpaired) electrons. The largest absolute Gasteiger partial charge is 0.490 e. The molecule has 0 aliphatic carbocycles. The second-order valence-corrected chi connectivity index (χ2v) is 9.75. The highest BCUT2D eigenvalue weighted by atomic mass is 16.5. The van der Waals surface area contributed by atoms with Gasteiger partial charge in [0.1, 0.15) is 49.4 Å². The molecule has 2 atom stereocenters. The molecule has 35 heavy (non-hydrogen) atoms. The second-order valence-electron chi connectivity index (χ2n) is 9.75. The van der Waals surface area contributed by atoms with Crippen LogP contribution >= 0.6 is 0 Å². The molecule has 6 heteroatoms. The molecule has 6 nitrogen and oxygen atoms in total. The number of hydrogen-bond acceptors (Lipinski definition) is 6. The summed E-state index contributed by atoms with van der Waals surface area (Å²) in [6.07, 6.45) is -1.25. The average Bonchev–Trinajstić information content (AvgIpc) is 2.78. The molecule has 0 saturated carbocycles. The first-order valence-electron chi connectivity index (χ1n) is 11.8. The highest BCUT2D eigenvalue weighted by Gasteiger charge is 2.31. The zero-order chi connectivity index (χ0) is 26.2. The molecule has 2 aromatic rings. The lowest BCUT2D eigenvalue weighted by Gasteiger charge is -2.31. The van der Waals surface area contributed by atoms with Crippen LogP contribution in [0.1, 0.15) is 52.7 Å². The van der Waals surface area contributed by atoms with Crippen molar-refractivity contribution in [2.45, 2.75) is 59.2 Å². The molecule has 0 fully saturated rings. The van der Waals surface area contributed by atoms with Crippen molar-refractivity contribution in [1.82, 2.24) is 0 Å². The lowest BCUT2D eigenvalue weighted by molar-refractivity contribution is 0.120. The normalized spacial score (nSPS) is 13.0. The van der Waals surface area contributed by atoms with E-state index >= 15 is 0 Å². The average molecular weight is 485 g/mol. The number of aliphatic hydroxyl groups excluding tert-OH is 2. The maximum atomic E-state index is 9.82. The number of hydrogen-bond donors (Lipinski definition) is 2. The Morgan fingerprint density at radius 3 is 1.43 bits per heavy atom. The van der Waals surface area contributed by atoms with E-state index in [9.17, 15) is 10.2 Å². The van der Waals surface area contributed by atoms with Crippen molar-refractivity contribution in [3.05, 3.63) is 71.8 Å². The van der Waals surface area contributed by atoms with Crippen LogP contribution in [0.3, 0.4) is 0 Å². The van der Waals surface area contributed by atoms with E-state index < -0.39 is 17.6 Å². The van der Waals surface area contributed by atoms with Gasteiger partial charge in [0.2, 0.25) is 0 Å². The van der Waals surface area contributed by atoms with Crippen LogP contribution in [-0.2, 0) is 5.41 Å². The summed E-state index contributed by atoms with van der Waals surface area (Å²) in [4.78, 5) is 0. The number of rotatable bonds is 14. The standard InChI is InChI=1S/C29H40O6/c1-19(2)15-32-23-9-11-25(27(13-23)34-17-21(5)30)29(7,8)26-12-10-24(33-16-20(3)4)14-28(26)35-18-22(6)31/h9-14,21-22,30-31H,1,3,15-18H2,2,4-8H3. The van der Waals surface area contributed by atoms with Crippen molar-refractivity contribution >= 4 is 0 Å². The molecule has 0 amide bonds. The minimum Gasteiger partial charge on any atom is -0.490 e. The topological polar surface area (TPSA) is 77.4 Å². The van der Waals surface area contributed by atoms with E-state index in [1.54, 1.807) is 13.8 Å². The van der Waals surface area contributed by atoms with Crippen LogP contribution < -0.4 is 18.9 Å². The van der Waals surface area contributed by atoms with Gasteiger partial charge in [0, 0.05) is 28.7 Å². The fraction of sp³-hybridized carbons (Fsp3) is 0.448. The Bertz CT molecular complexity index is 927. The van der Waals surface area contributed by atoms with Gasteiger partial charge in [-0.3, -0.25) is 0 Å². The molecule has 2 N–H and O–H groups in total. The second kappa shape index (κ2) is 12.7. The van der Waals surface area contributed by atoms with Crippen molar-refractivity contribution in [3.8, 4) is 23.0 Å². The molecule has 0 spiro atoms. The summed E-state index contributed by atoms with van der Waals surface area (Å²) in [6.45, 7) is 20.2. The van der Waals surface area contributed by atoms with E-state index in [-0.39, 0.29) is 13.2 Å². The summed E-state index contributed by atoms with van der Waals surface area (Å²) in [5, 5.41) is 19.6. The Labute approximate surface area is 209 Å². The summed E-state index contributed by atoms with van der Waals surface area (Å²) >= 11 is 0. The third-order valence-corrected chi connectivity index (χ3v) is 5.18. The molecule has 0 aromatic heterocycles. The van der Waals surface area contributed by atoms with E-state index in [0.717, 1.165) is 22.3 Å². The van der Waals surface area contributed by atoms with Crippen LogP contribution in [0.25, 0.3) is 0 Å². The first kappa shape index (κ1) is 28.3. The Balaban J connectivity index is 2.52. The summed E-state index contributed by atoms with van der Waals surface area (Å²) in [6, 6.07) is 11.4. The van der Waals surface area contributed by atoms with E-state index in [1.807, 2.05) is 50.2 Å². The Hall–Kier alpha value is -2.96. The van der Waals surface area contributed by atoms with E-state index in [2.05, 4.69) is 27.0 Å². The van der Waals surface area contributed by atoms with Gasteiger partial charge in [0.15, 0.2) is 0 Å².